The van der Waals surface area contributed by atoms with Gasteiger partial charge in [-0.3, -0.25) is 19.8 Å². The van der Waals surface area contributed by atoms with Crippen molar-refractivity contribution in [2.45, 2.75) is 6.92 Å². The van der Waals surface area contributed by atoms with Crippen LogP contribution in [0.3, 0.4) is 0 Å². The van der Waals surface area contributed by atoms with Crippen LogP contribution in [0.4, 0.5) is 11.4 Å². The third-order valence-corrected chi connectivity index (χ3v) is 5.66. The Labute approximate surface area is 178 Å². The minimum absolute atomic E-state index is 0.0958. The molecule has 0 atom stereocenters. The Balaban J connectivity index is 1.96. The van der Waals surface area contributed by atoms with Crippen LogP contribution >= 0.6 is 27.7 Å². The van der Waals surface area contributed by atoms with Crippen molar-refractivity contribution in [3.63, 3.8) is 0 Å². The first-order valence-electron chi connectivity index (χ1n) is 8.37. The van der Waals surface area contributed by atoms with Gasteiger partial charge in [-0.25, -0.2) is 9.79 Å². The van der Waals surface area contributed by atoms with Crippen LogP contribution in [-0.4, -0.2) is 38.5 Å². The van der Waals surface area contributed by atoms with Crippen LogP contribution in [0.15, 0.2) is 56.8 Å². The van der Waals surface area contributed by atoms with Crippen LogP contribution < -0.4 is 0 Å². The number of aromatic carboxylic acids is 1. The first-order chi connectivity index (χ1) is 13.8. The minimum atomic E-state index is -1.06. The lowest BCUT2D eigenvalue weighted by Gasteiger charge is -2.12. The molecular weight excluding hydrogens is 462 g/mol. The molecule has 1 saturated heterocycles. The maximum Gasteiger partial charge on any atom is 0.335 e. The predicted molar refractivity (Wildman–Crippen MR) is 114 cm³/mol. The van der Waals surface area contributed by atoms with Gasteiger partial charge in [-0.05, 0) is 70.5 Å². The zero-order valence-electron chi connectivity index (χ0n) is 15.0. The first-order valence-corrected chi connectivity index (χ1v) is 9.98. The molecule has 0 saturated carbocycles. The highest BCUT2D eigenvalue weighted by Crippen LogP contribution is 2.35. The third-order valence-electron chi connectivity index (χ3n) is 3.99. The first kappa shape index (κ1) is 20.7. The Morgan fingerprint density at radius 1 is 1.34 bits per heavy atom. The molecule has 0 bridgehead atoms. The standard InChI is InChI=1S/C19H14BrN3O5S/c1-2-22-17(24)16(9-11-6-7-14(20)15(8-11)23(27)28)29-19(22)21-13-5-3-4-12(10-13)18(25)26/h3-10H,2H2,1H3,(H,25,26)/b16-9+,21-19?. The van der Waals surface area contributed by atoms with Crippen LogP contribution in [0.1, 0.15) is 22.8 Å². The number of nitro groups is 1. The molecule has 148 valence electrons. The van der Waals surface area contributed by atoms with E-state index in [4.69, 9.17) is 5.11 Å². The monoisotopic (exact) mass is 475 g/mol. The molecule has 0 aliphatic carbocycles. The van der Waals surface area contributed by atoms with Gasteiger partial charge in [0.25, 0.3) is 11.6 Å². The van der Waals surface area contributed by atoms with Crippen molar-refractivity contribution in [2.24, 2.45) is 4.99 Å². The van der Waals surface area contributed by atoms with Crippen molar-refractivity contribution in [3.8, 4) is 0 Å². The second-order valence-electron chi connectivity index (χ2n) is 5.88. The molecular formula is C19H14BrN3O5S. The van der Waals surface area contributed by atoms with E-state index in [1.54, 1.807) is 37.3 Å². The second kappa shape index (κ2) is 8.58. The topological polar surface area (TPSA) is 113 Å². The third kappa shape index (κ3) is 4.54. The molecule has 1 N–H and O–H groups in total. The summed E-state index contributed by atoms with van der Waals surface area (Å²) in [7, 11) is 0. The molecule has 0 aromatic heterocycles. The highest BCUT2D eigenvalue weighted by Gasteiger charge is 2.32. The molecule has 0 unspecified atom stereocenters. The van der Waals surface area contributed by atoms with E-state index in [0.717, 1.165) is 11.8 Å². The van der Waals surface area contributed by atoms with E-state index in [0.29, 0.717) is 32.3 Å². The fraction of sp³-hybridized carbons (Fsp3) is 0.105. The van der Waals surface area contributed by atoms with E-state index in [-0.39, 0.29) is 17.2 Å². The fourth-order valence-corrected chi connectivity index (χ4v) is 4.05. The number of amides is 1. The van der Waals surface area contributed by atoms with Gasteiger partial charge < -0.3 is 5.11 Å². The van der Waals surface area contributed by atoms with E-state index in [9.17, 15) is 19.7 Å². The molecule has 1 aliphatic heterocycles. The van der Waals surface area contributed by atoms with Crippen LogP contribution in [-0.2, 0) is 4.79 Å². The Kier molecular flexibility index (Phi) is 6.14. The van der Waals surface area contributed by atoms with Crippen LogP contribution in [0, 0.1) is 10.1 Å². The summed E-state index contributed by atoms with van der Waals surface area (Å²) < 4.78 is 0.353. The van der Waals surface area contributed by atoms with Gasteiger partial charge in [-0.1, -0.05) is 12.1 Å². The van der Waals surface area contributed by atoms with E-state index < -0.39 is 10.9 Å². The number of nitro benzene ring substituents is 1. The van der Waals surface area contributed by atoms with Crippen molar-refractivity contribution < 1.29 is 19.6 Å². The van der Waals surface area contributed by atoms with Crippen molar-refractivity contribution in [1.29, 1.82) is 0 Å². The molecule has 8 nitrogen and oxygen atoms in total. The number of rotatable bonds is 5. The highest BCUT2D eigenvalue weighted by atomic mass is 79.9. The summed E-state index contributed by atoms with van der Waals surface area (Å²) >= 11 is 4.27. The summed E-state index contributed by atoms with van der Waals surface area (Å²) in [6.45, 7) is 2.18. The summed E-state index contributed by atoms with van der Waals surface area (Å²) in [6.07, 6.45) is 1.57. The van der Waals surface area contributed by atoms with Crippen molar-refractivity contribution >= 4 is 62.2 Å². The number of halogens is 1. The molecule has 1 amide bonds. The van der Waals surface area contributed by atoms with Crippen LogP contribution in [0.5, 0.6) is 0 Å². The predicted octanol–water partition coefficient (Wildman–Crippen LogP) is 4.68. The number of hydrogen-bond donors (Lipinski definition) is 1. The zero-order valence-corrected chi connectivity index (χ0v) is 17.4. The Morgan fingerprint density at radius 2 is 2.10 bits per heavy atom. The lowest BCUT2D eigenvalue weighted by Crippen LogP contribution is -2.28. The smallest absolute Gasteiger partial charge is 0.335 e. The summed E-state index contributed by atoms with van der Waals surface area (Å²) in [6, 6.07) is 10.7. The largest absolute Gasteiger partial charge is 0.478 e. The number of likely N-dealkylation sites (N-methyl/N-ethyl adjacent to an activating group) is 1. The van der Waals surface area contributed by atoms with Gasteiger partial charge in [0.1, 0.15) is 0 Å². The average molecular weight is 476 g/mol. The zero-order chi connectivity index (χ0) is 21.1. The Bertz CT molecular complexity index is 1080. The van der Waals surface area contributed by atoms with Gasteiger partial charge in [0, 0.05) is 12.6 Å². The number of hydrogen-bond acceptors (Lipinski definition) is 6. The van der Waals surface area contributed by atoms with Gasteiger partial charge in [-0.2, -0.15) is 0 Å². The van der Waals surface area contributed by atoms with Crippen molar-refractivity contribution in [3.05, 3.63) is 73.1 Å². The molecule has 10 heteroatoms. The van der Waals surface area contributed by atoms with Crippen molar-refractivity contribution in [2.75, 3.05) is 6.54 Å². The van der Waals surface area contributed by atoms with E-state index in [2.05, 4.69) is 20.9 Å². The minimum Gasteiger partial charge on any atom is -0.478 e. The lowest BCUT2D eigenvalue weighted by atomic mass is 10.2. The summed E-state index contributed by atoms with van der Waals surface area (Å²) in [5, 5.41) is 20.7. The lowest BCUT2D eigenvalue weighted by molar-refractivity contribution is -0.385. The number of thioether (sulfide) groups is 1. The number of amidine groups is 1. The summed E-state index contributed by atoms with van der Waals surface area (Å²) in [5.74, 6) is -1.33. The van der Waals surface area contributed by atoms with Gasteiger partial charge in [-0.15, -0.1) is 0 Å². The van der Waals surface area contributed by atoms with Gasteiger partial charge in [0.15, 0.2) is 5.17 Å². The van der Waals surface area contributed by atoms with Gasteiger partial charge in [0.05, 0.1) is 25.6 Å². The Morgan fingerprint density at radius 3 is 2.76 bits per heavy atom. The number of nitrogens with zero attached hydrogens (tertiary/aromatic N) is 3. The molecule has 1 heterocycles. The molecule has 1 aliphatic rings. The van der Waals surface area contributed by atoms with Crippen LogP contribution in [0.2, 0.25) is 0 Å². The second-order valence-corrected chi connectivity index (χ2v) is 7.74. The summed E-state index contributed by atoms with van der Waals surface area (Å²) in [4.78, 5) is 40.7. The van der Waals surface area contributed by atoms with Gasteiger partial charge in [0.2, 0.25) is 0 Å². The molecule has 2 aromatic rings. The normalized spacial score (nSPS) is 16.6. The van der Waals surface area contributed by atoms with E-state index in [1.807, 2.05) is 0 Å². The molecule has 0 radical (unpaired) electrons. The summed E-state index contributed by atoms with van der Waals surface area (Å²) in [5.41, 5.74) is 0.934. The number of carboxylic acids is 1. The highest BCUT2D eigenvalue weighted by molar-refractivity contribution is 9.10. The fourth-order valence-electron chi connectivity index (χ4n) is 2.60. The number of benzene rings is 2. The average Bonchev–Trinajstić information content (AvgIpc) is 2.97. The molecule has 3 rings (SSSR count). The quantitative estimate of drug-likeness (QED) is 0.381. The Hall–Kier alpha value is -2.98. The van der Waals surface area contributed by atoms with E-state index >= 15 is 0 Å². The number of carbonyl (C=O) groups is 2. The SMILES string of the molecule is CCN1C(=O)/C(=C\c2ccc(Br)c([N+](=O)[O-])c2)SC1=Nc1cccc(C(=O)O)c1. The molecule has 29 heavy (non-hydrogen) atoms. The van der Waals surface area contributed by atoms with E-state index in [1.165, 1.54) is 23.1 Å². The number of carbonyl (C=O) groups excluding carboxylic acids is 1. The number of carboxylic acid groups (broad SMARTS) is 1. The maximum atomic E-state index is 12.7. The number of aliphatic imine (C=N–C) groups is 1. The van der Waals surface area contributed by atoms with Gasteiger partial charge >= 0.3 is 5.97 Å². The van der Waals surface area contributed by atoms with Crippen LogP contribution in [0.25, 0.3) is 6.08 Å². The molecule has 0 spiro atoms. The maximum absolute atomic E-state index is 12.7. The molecule has 2 aromatic carbocycles. The van der Waals surface area contributed by atoms with Crippen molar-refractivity contribution in [1.82, 2.24) is 4.90 Å². The molecule has 1 fully saturated rings.